The van der Waals surface area contributed by atoms with E-state index < -0.39 is 5.82 Å². The summed E-state index contributed by atoms with van der Waals surface area (Å²) in [5.41, 5.74) is 6.08. The fourth-order valence-electron chi connectivity index (χ4n) is 1.26. The molecule has 18 heavy (non-hydrogen) atoms. The third-order valence-electron chi connectivity index (χ3n) is 2.13. The van der Waals surface area contributed by atoms with Crippen LogP contribution < -0.4 is 10.5 Å². The van der Waals surface area contributed by atoms with Crippen LogP contribution in [0.25, 0.3) is 0 Å². The minimum atomic E-state index is -0.468. The monoisotopic (exact) mass is 326 g/mol. The van der Waals surface area contributed by atoms with E-state index in [9.17, 15) is 4.39 Å². The molecule has 0 aliphatic heterocycles. The van der Waals surface area contributed by atoms with Gasteiger partial charge in [-0.3, -0.25) is 0 Å². The molecule has 0 amide bonds. The first-order valence-electron chi connectivity index (χ1n) is 4.95. The second kappa shape index (κ2) is 5.41. The van der Waals surface area contributed by atoms with Gasteiger partial charge in [0.05, 0.1) is 0 Å². The van der Waals surface area contributed by atoms with E-state index in [2.05, 4.69) is 20.9 Å². The van der Waals surface area contributed by atoms with Crippen LogP contribution in [-0.4, -0.2) is 9.97 Å². The number of nitrogens with two attached hydrogens (primary N) is 1. The van der Waals surface area contributed by atoms with Crippen molar-refractivity contribution in [1.82, 2.24) is 4.98 Å². The number of rotatable bonds is 3. The number of hydrogen-bond acceptors (Lipinski definition) is 3. The standard InChI is InChI=1S/C12H8BrFN2OS/c13-8-2-3-10(9(14)5-8)17-11-4-1-7(6-16-11)12(15)18/h1-6H,(H2,15,18). The SMILES string of the molecule is NC(=S)c1ccc(Oc2ccc(Br)cc2F)nc1. The number of hydrogen-bond donors (Lipinski definition) is 1. The molecule has 2 rings (SSSR count). The maximum atomic E-state index is 13.5. The van der Waals surface area contributed by atoms with Gasteiger partial charge in [0.25, 0.3) is 0 Å². The van der Waals surface area contributed by atoms with Gasteiger partial charge >= 0.3 is 0 Å². The number of pyridine rings is 1. The Bertz CT molecular complexity index is 589. The zero-order valence-corrected chi connectivity index (χ0v) is 11.5. The zero-order chi connectivity index (χ0) is 13.1. The quantitative estimate of drug-likeness (QED) is 0.878. The van der Waals surface area contributed by atoms with E-state index in [1.807, 2.05) is 0 Å². The van der Waals surface area contributed by atoms with Crippen LogP contribution in [-0.2, 0) is 0 Å². The molecule has 1 aromatic heterocycles. The molecule has 1 heterocycles. The molecule has 6 heteroatoms. The summed E-state index contributed by atoms with van der Waals surface area (Å²) >= 11 is 7.97. The highest BCUT2D eigenvalue weighted by Gasteiger charge is 2.06. The highest BCUT2D eigenvalue weighted by atomic mass is 79.9. The molecule has 0 fully saturated rings. The highest BCUT2D eigenvalue weighted by molar-refractivity contribution is 9.10. The molecule has 0 aliphatic carbocycles. The van der Waals surface area contributed by atoms with Gasteiger partial charge < -0.3 is 10.5 Å². The Balaban J connectivity index is 2.21. The lowest BCUT2D eigenvalue weighted by Gasteiger charge is -2.06. The molecule has 2 aromatic rings. The van der Waals surface area contributed by atoms with E-state index in [1.54, 1.807) is 18.2 Å². The van der Waals surface area contributed by atoms with Crippen LogP contribution in [0.1, 0.15) is 5.56 Å². The third kappa shape index (κ3) is 3.02. The molecule has 0 bridgehead atoms. The lowest BCUT2D eigenvalue weighted by Crippen LogP contribution is -2.09. The summed E-state index contributed by atoms with van der Waals surface area (Å²) in [6, 6.07) is 7.76. The summed E-state index contributed by atoms with van der Waals surface area (Å²) < 4.78 is 19.5. The molecule has 1 aromatic carbocycles. The number of nitrogens with zero attached hydrogens (tertiary/aromatic N) is 1. The molecule has 92 valence electrons. The van der Waals surface area contributed by atoms with Crippen molar-refractivity contribution in [2.75, 3.05) is 0 Å². The van der Waals surface area contributed by atoms with Gasteiger partial charge in [-0.05, 0) is 24.3 Å². The van der Waals surface area contributed by atoms with Gasteiger partial charge in [-0.15, -0.1) is 0 Å². The summed E-state index contributed by atoms with van der Waals surface area (Å²) in [6.45, 7) is 0. The van der Waals surface area contributed by atoms with Crippen molar-refractivity contribution < 1.29 is 9.13 Å². The van der Waals surface area contributed by atoms with Crippen molar-refractivity contribution in [3.05, 3.63) is 52.4 Å². The van der Waals surface area contributed by atoms with E-state index in [0.717, 1.165) is 0 Å². The van der Waals surface area contributed by atoms with Crippen molar-refractivity contribution in [3.8, 4) is 11.6 Å². The number of thiocarbonyl (C=S) groups is 1. The van der Waals surface area contributed by atoms with Gasteiger partial charge in [0, 0.05) is 22.3 Å². The molecule has 0 saturated carbocycles. The fraction of sp³-hybridized carbons (Fsp3) is 0. The molecule has 0 aliphatic rings. The summed E-state index contributed by atoms with van der Waals surface area (Å²) in [6.07, 6.45) is 1.48. The predicted octanol–water partition coefficient (Wildman–Crippen LogP) is 3.41. The van der Waals surface area contributed by atoms with Crippen LogP contribution >= 0.6 is 28.1 Å². The van der Waals surface area contributed by atoms with Crippen LogP contribution in [0.5, 0.6) is 11.6 Å². The van der Waals surface area contributed by atoms with Gasteiger partial charge in [0.1, 0.15) is 4.99 Å². The second-order valence-corrected chi connectivity index (χ2v) is 4.78. The van der Waals surface area contributed by atoms with Gasteiger partial charge in [0.15, 0.2) is 11.6 Å². The van der Waals surface area contributed by atoms with E-state index in [1.165, 1.54) is 18.3 Å². The molecule has 0 unspecified atom stereocenters. The van der Waals surface area contributed by atoms with E-state index >= 15 is 0 Å². The van der Waals surface area contributed by atoms with Gasteiger partial charge in [-0.25, -0.2) is 9.37 Å². The first kappa shape index (κ1) is 12.9. The van der Waals surface area contributed by atoms with Gasteiger partial charge in [-0.2, -0.15) is 0 Å². The maximum absolute atomic E-state index is 13.5. The Labute approximate surface area is 117 Å². The first-order valence-corrected chi connectivity index (χ1v) is 6.15. The van der Waals surface area contributed by atoms with Crippen LogP contribution in [0.15, 0.2) is 41.0 Å². The average molecular weight is 327 g/mol. The van der Waals surface area contributed by atoms with Crippen molar-refractivity contribution in [1.29, 1.82) is 0 Å². The topological polar surface area (TPSA) is 48.1 Å². The summed E-state index contributed by atoms with van der Waals surface area (Å²) in [5.74, 6) is -0.0883. The van der Waals surface area contributed by atoms with E-state index in [0.29, 0.717) is 10.0 Å². The summed E-state index contributed by atoms with van der Waals surface area (Å²) in [4.78, 5) is 4.24. The van der Waals surface area contributed by atoms with Crippen LogP contribution in [0, 0.1) is 5.82 Å². The number of benzene rings is 1. The summed E-state index contributed by atoms with van der Waals surface area (Å²) in [7, 11) is 0. The van der Waals surface area contributed by atoms with Crippen molar-refractivity contribution >= 4 is 33.1 Å². The van der Waals surface area contributed by atoms with Crippen LogP contribution in [0.4, 0.5) is 4.39 Å². The molecular formula is C12H8BrFN2OS. The Morgan fingerprint density at radius 1 is 1.33 bits per heavy atom. The predicted molar refractivity (Wildman–Crippen MR) is 74.3 cm³/mol. The lowest BCUT2D eigenvalue weighted by molar-refractivity contribution is 0.427. The molecule has 0 spiro atoms. The number of halogens is 2. The minimum absolute atomic E-state index is 0.105. The van der Waals surface area contributed by atoms with E-state index in [-0.39, 0.29) is 16.6 Å². The third-order valence-corrected chi connectivity index (χ3v) is 2.86. The minimum Gasteiger partial charge on any atom is -0.436 e. The van der Waals surface area contributed by atoms with Gasteiger partial charge in [-0.1, -0.05) is 28.1 Å². The molecule has 0 saturated heterocycles. The van der Waals surface area contributed by atoms with Crippen LogP contribution in [0.3, 0.4) is 0 Å². The number of ether oxygens (including phenoxy) is 1. The second-order valence-electron chi connectivity index (χ2n) is 3.43. The molecule has 3 nitrogen and oxygen atoms in total. The smallest absolute Gasteiger partial charge is 0.219 e. The maximum Gasteiger partial charge on any atom is 0.219 e. The number of aromatic nitrogens is 1. The highest BCUT2D eigenvalue weighted by Crippen LogP contribution is 2.25. The fourth-order valence-corrected chi connectivity index (χ4v) is 1.71. The first-order chi connectivity index (χ1) is 8.56. The lowest BCUT2D eigenvalue weighted by atomic mass is 10.3. The Hall–Kier alpha value is -1.53. The molecule has 0 atom stereocenters. The summed E-state index contributed by atoms with van der Waals surface area (Å²) in [5, 5.41) is 0. The Morgan fingerprint density at radius 2 is 2.11 bits per heavy atom. The molecule has 2 N–H and O–H groups in total. The van der Waals surface area contributed by atoms with Crippen LogP contribution in [0.2, 0.25) is 0 Å². The zero-order valence-electron chi connectivity index (χ0n) is 9.06. The molecular weight excluding hydrogens is 319 g/mol. The van der Waals surface area contributed by atoms with Crippen molar-refractivity contribution in [2.24, 2.45) is 5.73 Å². The normalized spacial score (nSPS) is 10.1. The Morgan fingerprint density at radius 3 is 2.67 bits per heavy atom. The van der Waals surface area contributed by atoms with Gasteiger partial charge in [0.2, 0.25) is 5.88 Å². The average Bonchev–Trinajstić information content (AvgIpc) is 2.33. The van der Waals surface area contributed by atoms with Crippen molar-refractivity contribution in [2.45, 2.75) is 0 Å². The van der Waals surface area contributed by atoms with Crippen molar-refractivity contribution in [3.63, 3.8) is 0 Å². The Kier molecular flexibility index (Phi) is 3.88. The van der Waals surface area contributed by atoms with E-state index in [4.69, 9.17) is 22.7 Å². The largest absolute Gasteiger partial charge is 0.436 e. The molecule has 0 radical (unpaired) electrons.